The Bertz CT molecular complexity index is 334. The number of piperidine rings is 1. The molecule has 114 valence electrons. The Kier molecular flexibility index (Phi) is 5.79. The average molecular weight is 284 g/mol. The van der Waals surface area contributed by atoms with E-state index in [1.165, 1.54) is 12.8 Å². The zero-order valence-corrected chi connectivity index (χ0v) is 11.9. The van der Waals surface area contributed by atoms with Crippen molar-refractivity contribution in [3.05, 3.63) is 0 Å². The van der Waals surface area contributed by atoms with E-state index in [2.05, 4.69) is 4.90 Å². The highest BCUT2D eigenvalue weighted by Crippen LogP contribution is 2.15. The first kappa shape index (κ1) is 15.3. The van der Waals surface area contributed by atoms with Crippen LogP contribution in [0.3, 0.4) is 0 Å². The molecule has 0 saturated carbocycles. The molecule has 6 heteroatoms. The van der Waals surface area contributed by atoms with Gasteiger partial charge in [-0.05, 0) is 38.8 Å². The van der Waals surface area contributed by atoms with Gasteiger partial charge in [-0.3, -0.25) is 4.79 Å². The van der Waals surface area contributed by atoms with Crippen molar-refractivity contribution in [2.24, 2.45) is 0 Å². The van der Waals surface area contributed by atoms with Gasteiger partial charge in [-0.1, -0.05) is 0 Å². The highest BCUT2D eigenvalue weighted by atomic mass is 16.5. The molecule has 2 fully saturated rings. The number of ether oxygens (including phenoxy) is 1. The van der Waals surface area contributed by atoms with Gasteiger partial charge < -0.3 is 19.6 Å². The topological polar surface area (TPSA) is 70.1 Å². The molecule has 2 saturated heterocycles. The van der Waals surface area contributed by atoms with Gasteiger partial charge >= 0.3 is 5.97 Å². The summed E-state index contributed by atoms with van der Waals surface area (Å²) in [4.78, 5) is 26.8. The number of hydrogen-bond acceptors (Lipinski definition) is 4. The van der Waals surface area contributed by atoms with E-state index in [9.17, 15) is 9.59 Å². The van der Waals surface area contributed by atoms with Crippen LogP contribution in [0.2, 0.25) is 0 Å². The van der Waals surface area contributed by atoms with Gasteiger partial charge in [0.2, 0.25) is 5.91 Å². The van der Waals surface area contributed by atoms with Crippen molar-refractivity contribution in [1.29, 1.82) is 0 Å². The zero-order chi connectivity index (χ0) is 14.4. The van der Waals surface area contributed by atoms with Gasteiger partial charge in [0.05, 0.1) is 6.10 Å². The number of likely N-dealkylation sites (tertiary alicyclic amines) is 2. The van der Waals surface area contributed by atoms with E-state index in [1.807, 2.05) is 4.90 Å². The summed E-state index contributed by atoms with van der Waals surface area (Å²) in [6.07, 6.45) is 4.56. The smallest absolute Gasteiger partial charge is 0.329 e. The minimum absolute atomic E-state index is 0.0197. The number of carbonyl (C=O) groups excluding carboxylic acids is 1. The number of hydrogen-bond donors (Lipinski definition) is 1. The Hall–Kier alpha value is -1.14. The van der Waals surface area contributed by atoms with Gasteiger partial charge in [-0.15, -0.1) is 0 Å². The van der Waals surface area contributed by atoms with E-state index in [1.54, 1.807) is 0 Å². The molecular formula is C14H24N2O4. The molecule has 2 heterocycles. The van der Waals surface area contributed by atoms with Crippen molar-refractivity contribution in [2.75, 3.05) is 39.3 Å². The number of nitrogens with zero attached hydrogens (tertiary/aromatic N) is 2. The zero-order valence-electron chi connectivity index (χ0n) is 11.9. The van der Waals surface area contributed by atoms with E-state index in [-0.39, 0.29) is 18.6 Å². The van der Waals surface area contributed by atoms with Crippen molar-refractivity contribution in [1.82, 2.24) is 9.80 Å². The summed E-state index contributed by atoms with van der Waals surface area (Å²) in [7, 11) is 0. The van der Waals surface area contributed by atoms with Crippen LogP contribution in [0.4, 0.5) is 0 Å². The molecule has 0 bridgehead atoms. The van der Waals surface area contributed by atoms with E-state index in [0.29, 0.717) is 19.5 Å². The molecule has 0 atom stereocenters. The van der Waals surface area contributed by atoms with Crippen molar-refractivity contribution in [3.8, 4) is 0 Å². The maximum absolute atomic E-state index is 12.1. The molecule has 20 heavy (non-hydrogen) atoms. The fourth-order valence-corrected chi connectivity index (χ4v) is 2.88. The molecule has 2 aliphatic rings. The fraction of sp³-hybridized carbons (Fsp3) is 0.857. The molecule has 0 spiro atoms. The lowest BCUT2D eigenvalue weighted by atomic mass is 10.1. The standard InChI is InChI=1S/C14H24N2O4/c17-13(5-8-15-6-1-2-7-15)16-9-3-12(4-10-16)20-11-14(18)19/h12H,1-11H2,(H,18,19). The molecule has 0 radical (unpaired) electrons. The number of carboxylic acids is 1. The molecule has 2 aliphatic heterocycles. The van der Waals surface area contributed by atoms with Crippen LogP contribution in [0.25, 0.3) is 0 Å². The molecular weight excluding hydrogens is 260 g/mol. The Morgan fingerprint density at radius 3 is 2.35 bits per heavy atom. The highest BCUT2D eigenvalue weighted by molar-refractivity contribution is 5.76. The van der Waals surface area contributed by atoms with Crippen LogP contribution < -0.4 is 0 Å². The minimum Gasteiger partial charge on any atom is -0.480 e. The van der Waals surface area contributed by atoms with Crippen LogP contribution in [0, 0.1) is 0 Å². The lowest BCUT2D eigenvalue weighted by molar-refractivity contribution is -0.146. The summed E-state index contributed by atoms with van der Waals surface area (Å²) in [6.45, 7) is 4.24. The van der Waals surface area contributed by atoms with Crippen LogP contribution in [0.1, 0.15) is 32.1 Å². The van der Waals surface area contributed by atoms with Gasteiger partial charge in [-0.2, -0.15) is 0 Å². The second-order valence-electron chi connectivity index (χ2n) is 5.58. The van der Waals surface area contributed by atoms with Gasteiger partial charge in [0, 0.05) is 26.1 Å². The van der Waals surface area contributed by atoms with Gasteiger partial charge in [-0.25, -0.2) is 4.79 Å². The number of carbonyl (C=O) groups is 2. The predicted molar refractivity (Wildman–Crippen MR) is 73.5 cm³/mol. The van der Waals surface area contributed by atoms with Gasteiger partial charge in [0.15, 0.2) is 0 Å². The summed E-state index contributed by atoms with van der Waals surface area (Å²) in [5.41, 5.74) is 0. The highest BCUT2D eigenvalue weighted by Gasteiger charge is 2.24. The molecule has 6 nitrogen and oxygen atoms in total. The van der Waals surface area contributed by atoms with Crippen LogP contribution in [-0.4, -0.2) is 72.2 Å². The SMILES string of the molecule is O=C(O)COC1CCN(C(=O)CCN2CCCC2)CC1. The third kappa shape index (κ3) is 4.76. The van der Waals surface area contributed by atoms with Crippen molar-refractivity contribution in [2.45, 2.75) is 38.2 Å². The normalized spacial score (nSPS) is 21.3. The number of carboxylic acid groups (broad SMARTS) is 1. The maximum Gasteiger partial charge on any atom is 0.329 e. The first-order valence-electron chi connectivity index (χ1n) is 7.48. The number of aliphatic carboxylic acids is 1. The third-order valence-electron chi connectivity index (χ3n) is 4.08. The van der Waals surface area contributed by atoms with E-state index in [4.69, 9.17) is 9.84 Å². The van der Waals surface area contributed by atoms with Crippen LogP contribution >= 0.6 is 0 Å². The van der Waals surface area contributed by atoms with E-state index in [0.717, 1.165) is 32.5 Å². The molecule has 0 aliphatic carbocycles. The fourth-order valence-electron chi connectivity index (χ4n) is 2.88. The first-order chi connectivity index (χ1) is 9.65. The second-order valence-corrected chi connectivity index (χ2v) is 5.58. The lowest BCUT2D eigenvalue weighted by Gasteiger charge is -2.32. The summed E-state index contributed by atoms with van der Waals surface area (Å²) in [6, 6.07) is 0. The molecule has 0 aromatic heterocycles. The summed E-state index contributed by atoms with van der Waals surface area (Å²) in [5.74, 6) is -0.720. The molecule has 2 rings (SSSR count). The Morgan fingerprint density at radius 1 is 1.10 bits per heavy atom. The Balaban J connectivity index is 1.62. The van der Waals surface area contributed by atoms with Crippen LogP contribution in [-0.2, 0) is 14.3 Å². The molecule has 0 aromatic carbocycles. The van der Waals surface area contributed by atoms with Crippen molar-refractivity contribution < 1.29 is 19.4 Å². The molecule has 1 N–H and O–H groups in total. The third-order valence-corrected chi connectivity index (χ3v) is 4.08. The average Bonchev–Trinajstić information content (AvgIpc) is 2.96. The quantitative estimate of drug-likeness (QED) is 0.772. The largest absolute Gasteiger partial charge is 0.480 e. The maximum atomic E-state index is 12.1. The van der Waals surface area contributed by atoms with Gasteiger partial charge in [0.25, 0.3) is 0 Å². The molecule has 0 unspecified atom stereocenters. The second kappa shape index (κ2) is 7.59. The predicted octanol–water partition coefficient (Wildman–Crippen LogP) is 0.564. The van der Waals surface area contributed by atoms with Crippen molar-refractivity contribution >= 4 is 11.9 Å². The molecule has 1 amide bonds. The summed E-state index contributed by atoms with van der Waals surface area (Å²) in [5, 5.41) is 8.56. The number of rotatable bonds is 6. The monoisotopic (exact) mass is 284 g/mol. The first-order valence-corrected chi connectivity index (χ1v) is 7.48. The van der Waals surface area contributed by atoms with Crippen molar-refractivity contribution in [3.63, 3.8) is 0 Å². The van der Waals surface area contributed by atoms with Gasteiger partial charge in [0.1, 0.15) is 6.61 Å². The summed E-state index contributed by atoms with van der Waals surface area (Å²) < 4.78 is 5.27. The minimum atomic E-state index is -0.936. The van der Waals surface area contributed by atoms with Crippen LogP contribution in [0.15, 0.2) is 0 Å². The van der Waals surface area contributed by atoms with Crippen LogP contribution in [0.5, 0.6) is 0 Å². The Labute approximate surface area is 119 Å². The van der Waals surface area contributed by atoms with E-state index >= 15 is 0 Å². The number of amides is 1. The molecule has 0 aromatic rings. The summed E-state index contributed by atoms with van der Waals surface area (Å²) >= 11 is 0. The van der Waals surface area contributed by atoms with E-state index < -0.39 is 5.97 Å². The Morgan fingerprint density at radius 2 is 1.75 bits per heavy atom. The lowest BCUT2D eigenvalue weighted by Crippen LogP contribution is -2.42.